The molecule has 0 aromatic carbocycles. The van der Waals surface area contributed by atoms with Gasteiger partial charge in [-0.25, -0.2) is 0 Å². The highest BCUT2D eigenvalue weighted by atomic mass is 79.9. The second-order valence-electron chi connectivity index (χ2n) is 3.89. The number of rotatable bonds is 7. The summed E-state index contributed by atoms with van der Waals surface area (Å²) in [6.07, 6.45) is 3.78. The molecule has 0 fully saturated rings. The zero-order chi connectivity index (χ0) is 11.8. The number of hydrogen-bond acceptors (Lipinski definition) is 3. The van der Waals surface area contributed by atoms with Gasteiger partial charge < -0.3 is 10.4 Å². The van der Waals surface area contributed by atoms with E-state index < -0.39 is 0 Å². The maximum absolute atomic E-state index is 8.87. The summed E-state index contributed by atoms with van der Waals surface area (Å²) in [5, 5.41) is 12.2. The van der Waals surface area contributed by atoms with Gasteiger partial charge in [-0.1, -0.05) is 13.3 Å². The van der Waals surface area contributed by atoms with Crippen LogP contribution in [-0.2, 0) is 6.54 Å². The van der Waals surface area contributed by atoms with Gasteiger partial charge in [0.05, 0.1) is 5.69 Å². The molecular weight excluding hydrogens is 268 g/mol. The number of aromatic nitrogens is 1. The molecule has 0 saturated heterocycles. The van der Waals surface area contributed by atoms with Crippen LogP contribution in [-0.4, -0.2) is 23.2 Å². The van der Waals surface area contributed by atoms with Crippen LogP contribution >= 0.6 is 15.9 Å². The van der Waals surface area contributed by atoms with Crippen molar-refractivity contribution in [2.75, 3.05) is 13.2 Å². The number of hydrogen-bond donors (Lipinski definition) is 2. The smallest absolute Gasteiger partial charge is 0.0542 e. The van der Waals surface area contributed by atoms with Crippen molar-refractivity contribution in [1.82, 2.24) is 10.3 Å². The van der Waals surface area contributed by atoms with Crippen LogP contribution in [0.25, 0.3) is 0 Å². The van der Waals surface area contributed by atoms with Gasteiger partial charge in [0.2, 0.25) is 0 Å². The zero-order valence-electron chi connectivity index (χ0n) is 9.62. The average Bonchev–Trinajstić information content (AvgIpc) is 2.30. The number of nitrogens with one attached hydrogen (secondary N) is 1. The van der Waals surface area contributed by atoms with E-state index in [1.807, 2.05) is 18.3 Å². The molecule has 3 nitrogen and oxygen atoms in total. The molecule has 0 aliphatic rings. The lowest BCUT2D eigenvalue weighted by Gasteiger charge is -2.13. The molecule has 0 amide bonds. The number of aliphatic hydroxyl groups is 1. The minimum atomic E-state index is 0.275. The van der Waals surface area contributed by atoms with Crippen LogP contribution < -0.4 is 5.32 Å². The Morgan fingerprint density at radius 3 is 2.88 bits per heavy atom. The van der Waals surface area contributed by atoms with E-state index in [1.165, 1.54) is 0 Å². The fraction of sp³-hybridized carbons (Fsp3) is 0.583. The van der Waals surface area contributed by atoms with Crippen molar-refractivity contribution in [3.05, 3.63) is 28.5 Å². The summed E-state index contributed by atoms with van der Waals surface area (Å²) in [5.41, 5.74) is 1.04. The van der Waals surface area contributed by atoms with Gasteiger partial charge in [-0.3, -0.25) is 4.98 Å². The van der Waals surface area contributed by atoms with Crippen LogP contribution in [0.2, 0.25) is 0 Å². The summed E-state index contributed by atoms with van der Waals surface area (Å²) >= 11 is 3.36. The van der Waals surface area contributed by atoms with Crippen molar-refractivity contribution in [3.63, 3.8) is 0 Å². The Morgan fingerprint density at radius 2 is 2.31 bits per heavy atom. The van der Waals surface area contributed by atoms with Gasteiger partial charge in [-0.15, -0.1) is 0 Å². The highest BCUT2D eigenvalue weighted by Crippen LogP contribution is 2.08. The molecule has 4 heteroatoms. The van der Waals surface area contributed by atoms with Gasteiger partial charge in [-0.2, -0.15) is 0 Å². The van der Waals surface area contributed by atoms with Gasteiger partial charge in [0, 0.05) is 23.8 Å². The normalized spacial score (nSPS) is 12.7. The monoisotopic (exact) mass is 286 g/mol. The Morgan fingerprint density at radius 1 is 1.50 bits per heavy atom. The van der Waals surface area contributed by atoms with Gasteiger partial charge in [0.1, 0.15) is 0 Å². The third-order valence-electron chi connectivity index (χ3n) is 2.64. The largest absolute Gasteiger partial charge is 0.396 e. The summed E-state index contributed by atoms with van der Waals surface area (Å²) in [4.78, 5) is 4.29. The third-order valence-corrected chi connectivity index (χ3v) is 3.11. The van der Waals surface area contributed by atoms with E-state index in [2.05, 4.69) is 33.2 Å². The van der Waals surface area contributed by atoms with Gasteiger partial charge in [-0.05, 0) is 46.9 Å². The Bertz CT molecular complexity index is 290. The van der Waals surface area contributed by atoms with E-state index in [-0.39, 0.29) is 6.61 Å². The SMILES string of the molecule is CCC(CCO)CNCc1ccc(Br)cn1. The number of nitrogens with zero attached hydrogens (tertiary/aromatic N) is 1. The fourth-order valence-corrected chi connectivity index (χ4v) is 1.78. The summed E-state index contributed by atoms with van der Waals surface area (Å²) in [5.74, 6) is 0.556. The number of pyridine rings is 1. The van der Waals surface area contributed by atoms with Crippen molar-refractivity contribution in [2.24, 2.45) is 5.92 Å². The average molecular weight is 287 g/mol. The van der Waals surface area contributed by atoms with E-state index in [1.54, 1.807) is 0 Å². The van der Waals surface area contributed by atoms with Gasteiger partial charge in [0.25, 0.3) is 0 Å². The molecule has 0 aliphatic heterocycles. The molecule has 1 aromatic heterocycles. The predicted octanol–water partition coefficient (Wildman–Crippen LogP) is 2.34. The molecular formula is C12H19BrN2O. The molecule has 1 aromatic rings. The summed E-state index contributed by atoms with van der Waals surface area (Å²) < 4.78 is 1.00. The van der Waals surface area contributed by atoms with Crippen molar-refractivity contribution < 1.29 is 5.11 Å². The second kappa shape index (κ2) is 7.76. The summed E-state index contributed by atoms with van der Waals surface area (Å²) in [7, 11) is 0. The topological polar surface area (TPSA) is 45.1 Å². The maximum atomic E-state index is 8.87. The minimum absolute atomic E-state index is 0.275. The van der Waals surface area contributed by atoms with Crippen LogP contribution in [0.4, 0.5) is 0 Å². The molecule has 2 N–H and O–H groups in total. The Kier molecular flexibility index (Phi) is 6.61. The van der Waals surface area contributed by atoms with Crippen LogP contribution in [0, 0.1) is 5.92 Å². The standard InChI is InChI=1S/C12H19BrN2O/c1-2-10(5-6-16)7-14-9-12-4-3-11(13)8-15-12/h3-4,8,10,14,16H,2,5-7,9H2,1H3. The molecule has 1 unspecified atom stereocenters. The van der Waals surface area contributed by atoms with Crippen molar-refractivity contribution in [1.29, 1.82) is 0 Å². The quantitative estimate of drug-likeness (QED) is 0.809. The van der Waals surface area contributed by atoms with Crippen molar-refractivity contribution in [3.8, 4) is 0 Å². The molecule has 1 atom stereocenters. The van der Waals surface area contributed by atoms with E-state index in [0.29, 0.717) is 5.92 Å². The molecule has 0 saturated carbocycles. The molecule has 90 valence electrons. The van der Waals surface area contributed by atoms with Crippen LogP contribution in [0.3, 0.4) is 0 Å². The Labute approximate surface area is 105 Å². The van der Waals surface area contributed by atoms with E-state index in [9.17, 15) is 0 Å². The molecule has 16 heavy (non-hydrogen) atoms. The molecule has 0 bridgehead atoms. The van der Waals surface area contributed by atoms with Gasteiger partial charge >= 0.3 is 0 Å². The first-order valence-corrected chi connectivity index (χ1v) is 6.47. The lowest BCUT2D eigenvalue weighted by molar-refractivity contribution is 0.251. The minimum Gasteiger partial charge on any atom is -0.396 e. The Hall–Kier alpha value is -0.450. The van der Waals surface area contributed by atoms with Crippen molar-refractivity contribution in [2.45, 2.75) is 26.3 Å². The lowest BCUT2D eigenvalue weighted by atomic mass is 10.0. The molecule has 0 aliphatic carbocycles. The van der Waals surface area contributed by atoms with E-state index in [4.69, 9.17) is 5.11 Å². The Balaban J connectivity index is 2.26. The molecule has 0 spiro atoms. The summed E-state index contributed by atoms with van der Waals surface area (Å²) in [6.45, 7) is 4.15. The van der Waals surface area contributed by atoms with Crippen LogP contribution in [0.5, 0.6) is 0 Å². The number of aliphatic hydroxyl groups excluding tert-OH is 1. The zero-order valence-corrected chi connectivity index (χ0v) is 11.2. The van der Waals surface area contributed by atoms with Crippen molar-refractivity contribution >= 4 is 15.9 Å². The summed E-state index contributed by atoms with van der Waals surface area (Å²) in [6, 6.07) is 4.00. The van der Waals surface area contributed by atoms with Crippen LogP contribution in [0.1, 0.15) is 25.5 Å². The third kappa shape index (κ3) is 5.05. The predicted molar refractivity (Wildman–Crippen MR) is 69.1 cm³/mol. The highest BCUT2D eigenvalue weighted by molar-refractivity contribution is 9.10. The fourth-order valence-electron chi connectivity index (χ4n) is 1.55. The maximum Gasteiger partial charge on any atom is 0.0542 e. The first-order valence-electron chi connectivity index (χ1n) is 5.68. The van der Waals surface area contributed by atoms with E-state index in [0.717, 1.165) is 36.1 Å². The van der Waals surface area contributed by atoms with Crippen LogP contribution in [0.15, 0.2) is 22.8 Å². The molecule has 1 rings (SSSR count). The van der Waals surface area contributed by atoms with Gasteiger partial charge in [0.15, 0.2) is 0 Å². The highest BCUT2D eigenvalue weighted by Gasteiger charge is 2.04. The molecule has 0 radical (unpaired) electrons. The lowest BCUT2D eigenvalue weighted by Crippen LogP contribution is -2.23. The first-order chi connectivity index (χ1) is 7.76. The number of halogens is 1. The second-order valence-corrected chi connectivity index (χ2v) is 4.80. The van der Waals surface area contributed by atoms with E-state index >= 15 is 0 Å². The molecule has 1 heterocycles. The first kappa shape index (κ1) is 13.6.